The van der Waals surface area contributed by atoms with Crippen molar-refractivity contribution in [3.8, 4) is 11.5 Å². The summed E-state index contributed by atoms with van der Waals surface area (Å²) in [5.74, 6) is 1.70. The second kappa shape index (κ2) is 7.18. The van der Waals surface area contributed by atoms with Crippen LogP contribution in [0.5, 0.6) is 11.5 Å². The van der Waals surface area contributed by atoms with Crippen LogP contribution in [0.25, 0.3) is 6.08 Å². The van der Waals surface area contributed by atoms with Crippen LogP contribution in [0, 0.1) is 6.92 Å². The van der Waals surface area contributed by atoms with Gasteiger partial charge in [-0.1, -0.05) is 36.4 Å². The predicted molar refractivity (Wildman–Crippen MR) is 110 cm³/mol. The van der Waals surface area contributed by atoms with Gasteiger partial charge in [0.15, 0.2) is 5.76 Å². The molecule has 5 heteroatoms. The largest absolute Gasteiger partial charge is 0.478 e. The van der Waals surface area contributed by atoms with Gasteiger partial charge < -0.3 is 9.47 Å². The molecule has 2 aliphatic rings. The first kappa shape index (κ1) is 17.6. The number of rotatable bonds is 3. The van der Waals surface area contributed by atoms with E-state index >= 15 is 0 Å². The minimum atomic E-state index is -0.0754. The lowest BCUT2D eigenvalue weighted by atomic mass is 9.98. The predicted octanol–water partition coefficient (Wildman–Crippen LogP) is 4.36. The van der Waals surface area contributed by atoms with Crippen molar-refractivity contribution >= 4 is 11.9 Å². The van der Waals surface area contributed by atoms with Crippen LogP contribution in [0.2, 0.25) is 0 Å². The molecule has 0 amide bonds. The number of hydrogen-bond acceptors (Lipinski definition) is 5. The summed E-state index contributed by atoms with van der Waals surface area (Å²) in [6.45, 7) is 3.79. The summed E-state index contributed by atoms with van der Waals surface area (Å²) in [4.78, 5) is 19.4. The SMILES string of the molecule is Cc1cc2c(c3c1C(=O)/C(=C/c1ccccc1)O3)CN(Cc1cccnc1)CO2. The van der Waals surface area contributed by atoms with E-state index in [1.165, 1.54) is 0 Å². The van der Waals surface area contributed by atoms with Gasteiger partial charge in [0, 0.05) is 25.5 Å². The number of aromatic nitrogens is 1. The first-order valence-corrected chi connectivity index (χ1v) is 9.59. The van der Waals surface area contributed by atoms with Gasteiger partial charge in [0.05, 0.1) is 11.1 Å². The molecule has 3 heterocycles. The number of nitrogens with zero attached hydrogens (tertiary/aromatic N) is 2. The van der Waals surface area contributed by atoms with Crippen LogP contribution in [-0.4, -0.2) is 22.4 Å². The normalized spacial score (nSPS) is 16.9. The number of ether oxygens (including phenoxy) is 2. The van der Waals surface area contributed by atoms with E-state index in [0.717, 1.165) is 34.5 Å². The number of carbonyl (C=O) groups is 1. The summed E-state index contributed by atoms with van der Waals surface area (Å²) >= 11 is 0. The zero-order valence-corrected chi connectivity index (χ0v) is 16.1. The van der Waals surface area contributed by atoms with E-state index in [1.54, 1.807) is 12.3 Å². The molecule has 5 nitrogen and oxygen atoms in total. The molecular weight excluding hydrogens is 364 g/mol. The Morgan fingerprint density at radius 3 is 2.83 bits per heavy atom. The van der Waals surface area contributed by atoms with Gasteiger partial charge in [-0.15, -0.1) is 0 Å². The third-order valence-electron chi connectivity index (χ3n) is 5.21. The molecule has 0 fully saturated rings. The summed E-state index contributed by atoms with van der Waals surface area (Å²) in [6, 6.07) is 15.7. The van der Waals surface area contributed by atoms with Gasteiger partial charge in [-0.2, -0.15) is 0 Å². The van der Waals surface area contributed by atoms with Crippen molar-refractivity contribution in [2.45, 2.75) is 20.0 Å². The third-order valence-corrected chi connectivity index (χ3v) is 5.21. The minimum absolute atomic E-state index is 0.0754. The Hall–Kier alpha value is -3.44. The maximum absolute atomic E-state index is 13.0. The fourth-order valence-corrected chi connectivity index (χ4v) is 3.83. The van der Waals surface area contributed by atoms with E-state index in [4.69, 9.17) is 9.47 Å². The molecular formula is C24H20N2O3. The van der Waals surface area contributed by atoms with E-state index in [-0.39, 0.29) is 5.78 Å². The van der Waals surface area contributed by atoms with E-state index in [1.807, 2.05) is 61.7 Å². The van der Waals surface area contributed by atoms with Crippen LogP contribution >= 0.6 is 0 Å². The van der Waals surface area contributed by atoms with Crippen molar-refractivity contribution in [2.24, 2.45) is 0 Å². The maximum atomic E-state index is 13.0. The standard InChI is InChI=1S/C24H20N2O3/c1-16-10-20-19(14-26(15-28-20)13-18-8-5-9-25-12-18)24-22(16)23(27)21(29-24)11-17-6-3-2-4-7-17/h2-12H,13-15H2,1H3/b21-11-. The Bertz CT molecular complexity index is 1110. The lowest BCUT2D eigenvalue weighted by Gasteiger charge is -2.30. The molecule has 3 aromatic rings. The van der Waals surface area contributed by atoms with E-state index in [9.17, 15) is 4.79 Å². The molecule has 2 aliphatic heterocycles. The van der Waals surface area contributed by atoms with Gasteiger partial charge in [0.1, 0.15) is 18.2 Å². The molecule has 0 N–H and O–H groups in total. The van der Waals surface area contributed by atoms with Crippen LogP contribution in [0.15, 0.2) is 66.7 Å². The Labute approximate surface area is 169 Å². The number of Topliss-reactive ketones (excluding diaryl/α,β-unsaturated/α-hetero) is 1. The molecule has 144 valence electrons. The molecule has 0 saturated heterocycles. The molecule has 5 rings (SSSR count). The molecule has 0 spiro atoms. The average Bonchev–Trinajstić information content (AvgIpc) is 3.07. The molecule has 29 heavy (non-hydrogen) atoms. The highest BCUT2D eigenvalue weighted by Gasteiger charge is 2.35. The Morgan fingerprint density at radius 2 is 2.03 bits per heavy atom. The van der Waals surface area contributed by atoms with Crippen molar-refractivity contribution < 1.29 is 14.3 Å². The van der Waals surface area contributed by atoms with Crippen molar-refractivity contribution in [1.82, 2.24) is 9.88 Å². The highest BCUT2D eigenvalue weighted by molar-refractivity contribution is 6.15. The fourth-order valence-electron chi connectivity index (χ4n) is 3.83. The Balaban J connectivity index is 1.48. The van der Waals surface area contributed by atoms with Gasteiger partial charge >= 0.3 is 0 Å². The average molecular weight is 384 g/mol. The number of pyridine rings is 1. The van der Waals surface area contributed by atoms with Crippen LogP contribution in [0.3, 0.4) is 0 Å². The number of aryl methyl sites for hydroxylation is 1. The van der Waals surface area contributed by atoms with Gasteiger partial charge in [-0.25, -0.2) is 0 Å². The van der Waals surface area contributed by atoms with Gasteiger partial charge in [-0.3, -0.25) is 14.7 Å². The second-order valence-corrected chi connectivity index (χ2v) is 7.35. The lowest BCUT2D eigenvalue weighted by Crippen LogP contribution is -2.31. The van der Waals surface area contributed by atoms with Gasteiger partial charge in [-0.05, 0) is 41.8 Å². The lowest BCUT2D eigenvalue weighted by molar-refractivity contribution is 0.0871. The molecule has 1 aromatic heterocycles. The number of carbonyl (C=O) groups excluding carboxylic acids is 1. The summed E-state index contributed by atoms with van der Waals surface area (Å²) < 4.78 is 12.1. The molecule has 0 saturated carbocycles. The van der Waals surface area contributed by atoms with Crippen molar-refractivity contribution in [3.05, 3.63) is 94.5 Å². The molecule has 2 aromatic carbocycles. The number of ketones is 1. The molecule has 0 unspecified atom stereocenters. The van der Waals surface area contributed by atoms with E-state index < -0.39 is 0 Å². The fraction of sp³-hybridized carbons (Fsp3) is 0.167. The number of benzene rings is 2. The summed E-state index contributed by atoms with van der Waals surface area (Å²) in [5, 5.41) is 0. The van der Waals surface area contributed by atoms with Crippen LogP contribution in [0.1, 0.15) is 32.6 Å². The first-order valence-electron chi connectivity index (χ1n) is 9.59. The third kappa shape index (κ3) is 3.30. The van der Waals surface area contributed by atoms with Gasteiger partial charge in [0.2, 0.25) is 5.78 Å². The van der Waals surface area contributed by atoms with E-state index in [0.29, 0.717) is 30.3 Å². The summed E-state index contributed by atoms with van der Waals surface area (Å²) in [6.07, 6.45) is 5.42. The highest BCUT2D eigenvalue weighted by Crippen LogP contribution is 2.44. The topological polar surface area (TPSA) is 51.7 Å². The maximum Gasteiger partial charge on any atom is 0.232 e. The van der Waals surface area contributed by atoms with Crippen LogP contribution in [0.4, 0.5) is 0 Å². The number of allylic oxidation sites excluding steroid dienone is 1. The van der Waals surface area contributed by atoms with Gasteiger partial charge in [0.25, 0.3) is 0 Å². The van der Waals surface area contributed by atoms with Crippen LogP contribution < -0.4 is 9.47 Å². The van der Waals surface area contributed by atoms with Crippen molar-refractivity contribution in [2.75, 3.05) is 6.73 Å². The molecule has 0 bridgehead atoms. The summed E-state index contributed by atoms with van der Waals surface area (Å²) in [7, 11) is 0. The first-order chi connectivity index (χ1) is 14.2. The zero-order chi connectivity index (χ0) is 19.8. The zero-order valence-electron chi connectivity index (χ0n) is 16.1. The number of hydrogen-bond donors (Lipinski definition) is 0. The molecule has 0 radical (unpaired) electrons. The van der Waals surface area contributed by atoms with Crippen molar-refractivity contribution in [3.63, 3.8) is 0 Å². The smallest absolute Gasteiger partial charge is 0.232 e. The quantitative estimate of drug-likeness (QED) is 0.628. The monoisotopic (exact) mass is 384 g/mol. The Kier molecular flexibility index (Phi) is 4.37. The van der Waals surface area contributed by atoms with E-state index in [2.05, 4.69) is 9.88 Å². The van der Waals surface area contributed by atoms with Crippen LogP contribution in [-0.2, 0) is 13.1 Å². The molecule has 0 aliphatic carbocycles. The Morgan fingerprint density at radius 1 is 1.17 bits per heavy atom. The second-order valence-electron chi connectivity index (χ2n) is 7.35. The summed E-state index contributed by atoms with van der Waals surface area (Å²) in [5.41, 5.74) is 4.49. The van der Waals surface area contributed by atoms with Crippen molar-refractivity contribution in [1.29, 1.82) is 0 Å². The molecule has 0 atom stereocenters. The number of fused-ring (bicyclic) bond motifs is 3. The minimum Gasteiger partial charge on any atom is -0.478 e. The highest BCUT2D eigenvalue weighted by atomic mass is 16.5.